The maximum absolute atomic E-state index is 10.2. The Balaban J connectivity index is 1.87. The molecule has 0 saturated heterocycles. The van der Waals surface area contributed by atoms with Crippen LogP contribution in [0, 0.1) is 0 Å². The molecule has 0 amide bonds. The molecule has 1 unspecified atom stereocenters. The molecule has 0 aliphatic rings. The zero-order valence-corrected chi connectivity index (χ0v) is 12.2. The number of benzene rings is 1. The highest BCUT2D eigenvalue weighted by Crippen LogP contribution is 2.18. The monoisotopic (exact) mass is 288 g/mol. The number of hydrogen-bond donors (Lipinski definition) is 2. The summed E-state index contributed by atoms with van der Waals surface area (Å²) in [5.41, 5.74) is 1.88. The number of aliphatic hydroxyl groups is 1. The predicted octanol–water partition coefficient (Wildman–Crippen LogP) is 1.92. The molecule has 1 atom stereocenters. The van der Waals surface area contributed by atoms with Crippen LogP contribution in [0.4, 0.5) is 0 Å². The second kappa shape index (κ2) is 7.61. The van der Waals surface area contributed by atoms with Crippen LogP contribution < -0.4 is 14.8 Å². The molecule has 5 heteroatoms. The fourth-order valence-corrected chi connectivity index (χ4v) is 1.99. The molecule has 1 aromatic heterocycles. The van der Waals surface area contributed by atoms with Crippen molar-refractivity contribution >= 4 is 0 Å². The van der Waals surface area contributed by atoms with Gasteiger partial charge in [0.1, 0.15) is 5.75 Å². The number of hydrogen-bond acceptors (Lipinski definition) is 5. The van der Waals surface area contributed by atoms with Crippen molar-refractivity contribution in [3.8, 4) is 11.6 Å². The van der Waals surface area contributed by atoms with Gasteiger partial charge in [-0.25, -0.2) is 4.98 Å². The summed E-state index contributed by atoms with van der Waals surface area (Å²) in [5, 5.41) is 13.4. The molecule has 1 aromatic carbocycles. The zero-order chi connectivity index (χ0) is 15.1. The van der Waals surface area contributed by atoms with E-state index < -0.39 is 6.10 Å². The van der Waals surface area contributed by atoms with E-state index in [1.165, 1.54) is 0 Å². The maximum atomic E-state index is 10.2. The summed E-state index contributed by atoms with van der Waals surface area (Å²) in [7, 11) is 3.20. The fourth-order valence-electron chi connectivity index (χ4n) is 1.99. The number of pyridine rings is 1. The molecule has 0 aliphatic heterocycles. The predicted molar refractivity (Wildman–Crippen MR) is 80.4 cm³/mol. The normalized spacial score (nSPS) is 12.0. The van der Waals surface area contributed by atoms with Gasteiger partial charge in [0.2, 0.25) is 5.88 Å². The minimum Gasteiger partial charge on any atom is -0.497 e. The van der Waals surface area contributed by atoms with Gasteiger partial charge in [-0.15, -0.1) is 0 Å². The second-order valence-corrected chi connectivity index (χ2v) is 4.63. The Labute approximate surface area is 124 Å². The van der Waals surface area contributed by atoms with Gasteiger partial charge in [0, 0.05) is 25.4 Å². The third kappa shape index (κ3) is 4.44. The number of nitrogens with one attached hydrogen (secondary N) is 1. The number of aliphatic hydroxyl groups excluding tert-OH is 1. The van der Waals surface area contributed by atoms with Crippen molar-refractivity contribution < 1.29 is 14.6 Å². The summed E-state index contributed by atoms with van der Waals surface area (Å²) in [6.45, 7) is 1.09. The standard InChI is InChI=1S/C16H20N2O3/c1-20-14-5-3-4-13(9-14)15(19)11-17-10-12-6-7-18-16(8-12)21-2/h3-9,15,17,19H,10-11H2,1-2H3. The lowest BCUT2D eigenvalue weighted by Crippen LogP contribution is -2.21. The van der Waals surface area contributed by atoms with Crippen LogP contribution in [0.15, 0.2) is 42.6 Å². The van der Waals surface area contributed by atoms with Gasteiger partial charge >= 0.3 is 0 Å². The Kier molecular flexibility index (Phi) is 5.54. The van der Waals surface area contributed by atoms with Crippen molar-refractivity contribution in [1.82, 2.24) is 10.3 Å². The highest BCUT2D eigenvalue weighted by Gasteiger charge is 2.08. The van der Waals surface area contributed by atoms with Crippen molar-refractivity contribution in [2.45, 2.75) is 12.6 Å². The minimum atomic E-state index is -0.580. The van der Waals surface area contributed by atoms with Crippen molar-refractivity contribution in [3.63, 3.8) is 0 Å². The van der Waals surface area contributed by atoms with E-state index in [2.05, 4.69) is 10.3 Å². The van der Waals surface area contributed by atoms with E-state index in [0.717, 1.165) is 16.9 Å². The van der Waals surface area contributed by atoms with E-state index in [4.69, 9.17) is 9.47 Å². The molecular weight excluding hydrogens is 268 g/mol. The van der Waals surface area contributed by atoms with E-state index in [-0.39, 0.29) is 0 Å². The zero-order valence-electron chi connectivity index (χ0n) is 12.2. The molecule has 0 saturated carbocycles. The number of aromatic nitrogens is 1. The smallest absolute Gasteiger partial charge is 0.213 e. The lowest BCUT2D eigenvalue weighted by atomic mass is 10.1. The van der Waals surface area contributed by atoms with Gasteiger partial charge in [-0.3, -0.25) is 0 Å². The molecule has 0 fully saturated rings. The third-order valence-corrected chi connectivity index (χ3v) is 3.15. The van der Waals surface area contributed by atoms with Crippen LogP contribution in [0.5, 0.6) is 11.6 Å². The molecule has 2 N–H and O–H groups in total. The number of ether oxygens (including phenoxy) is 2. The molecule has 112 valence electrons. The van der Waals surface area contributed by atoms with E-state index >= 15 is 0 Å². The molecule has 5 nitrogen and oxygen atoms in total. The summed E-state index contributed by atoms with van der Waals surface area (Å²) in [5.74, 6) is 1.33. The van der Waals surface area contributed by atoms with E-state index in [1.54, 1.807) is 20.4 Å². The van der Waals surface area contributed by atoms with Gasteiger partial charge in [-0.2, -0.15) is 0 Å². The summed E-state index contributed by atoms with van der Waals surface area (Å²) in [6.07, 6.45) is 1.12. The average Bonchev–Trinajstić information content (AvgIpc) is 2.55. The molecule has 2 rings (SSSR count). The van der Waals surface area contributed by atoms with Crippen LogP contribution in [0.3, 0.4) is 0 Å². The lowest BCUT2D eigenvalue weighted by molar-refractivity contribution is 0.174. The van der Waals surface area contributed by atoms with Crippen molar-refractivity contribution in [2.24, 2.45) is 0 Å². The van der Waals surface area contributed by atoms with Crippen LogP contribution in [0.2, 0.25) is 0 Å². The number of rotatable bonds is 7. The quantitative estimate of drug-likeness (QED) is 0.815. The van der Waals surface area contributed by atoms with Gasteiger partial charge in [0.25, 0.3) is 0 Å². The first-order valence-electron chi connectivity index (χ1n) is 6.74. The lowest BCUT2D eigenvalue weighted by Gasteiger charge is -2.13. The first kappa shape index (κ1) is 15.3. The van der Waals surface area contributed by atoms with E-state index in [0.29, 0.717) is 19.0 Å². The largest absolute Gasteiger partial charge is 0.497 e. The van der Waals surface area contributed by atoms with Crippen LogP contribution >= 0.6 is 0 Å². The molecule has 21 heavy (non-hydrogen) atoms. The molecule has 0 aliphatic carbocycles. The molecule has 0 bridgehead atoms. The second-order valence-electron chi connectivity index (χ2n) is 4.63. The number of nitrogens with zero attached hydrogens (tertiary/aromatic N) is 1. The van der Waals surface area contributed by atoms with Crippen LogP contribution in [-0.4, -0.2) is 30.9 Å². The van der Waals surface area contributed by atoms with E-state index in [1.807, 2.05) is 36.4 Å². The maximum Gasteiger partial charge on any atom is 0.213 e. The van der Waals surface area contributed by atoms with Crippen molar-refractivity contribution in [3.05, 3.63) is 53.7 Å². The van der Waals surface area contributed by atoms with Crippen LogP contribution in [-0.2, 0) is 6.54 Å². The fraction of sp³-hybridized carbons (Fsp3) is 0.312. The molecular formula is C16H20N2O3. The summed E-state index contributed by atoms with van der Waals surface area (Å²) < 4.78 is 10.2. The first-order chi connectivity index (χ1) is 10.2. The van der Waals surface area contributed by atoms with Crippen LogP contribution in [0.25, 0.3) is 0 Å². The molecule has 2 aromatic rings. The van der Waals surface area contributed by atoms with Gasteiger partial charge in [-0.1, -0.05) is 12.1 Å². The minimum absolute atomic E-state index is 0.456. The van der Waals surface area contributed by atoms with Crippen molar-refractivity contribution in [1.29, 1.82) is 0 Å². The van der Waals surface area contributed by atoms with Gasteiger partial charge < -0.3 is 19.9 Å². The van der Waals surface area contributed by atoms with Crippen molar-refractivity contribution in [2.75, 3.05) is 20.8 Å². The SMILES string of the molecule is COc1cccc(C(O)CNCc2ccnc(OC)c2)c1. The Morgan fingerprint density at radius 3 is 2.81 bits per heavy atom. The summed E-state index contributed by atoms with van der Waals surface area (Å²) in [4.78, 5) is 4.05. The molecule has 0 spiro atoms. The molecule has 0 radical (unpaired) electrons. The van der Waals surface area contributed by atoms with Gasteiger partial charge in [0.05, 0.1) is 20.3 Å². The highest BCUT2D eigenvalue weighted by molar-refractivity contribution is 5.30. The number of methoxy groups -OCH3 is 2. The van der Waals surface area contributed by atoms with E-state index in [9.17, 15) is 5.11 Å². The average molecular weight is 288 g/mol. The Hall–Kier alpha value is -2.11. The summed E-state index contributed by atoms with van der Waals surface area (Å²) >= 11 is 0. The Morgan fingerprint density at radius 2 is 2.05 bits per heavy atom. The summed E-state index contributed by atoms with van der Waals surface area (Å²) in [6, 6.07) is 11.2. The van der Waals surface area contributed by atoms with Crippen LogP contribution in [0.1, 0.15) is 17.2 Å². The Morgan fingerprint density at radius 1 is 1.19 bits per heavy atom. The first-order valence-corrected chi connectivity index (χ1v) is 6.74. The van der Waals surface area contributed by atoms with Gasteiger partial charge in [-0.05, 0) is 29.3 Å². The van der Waals surface area contributed by atoms with Gasteiger partial charge in [0.15, 0.2) is 0 Å². The highest BCUT2D eigenvalue weighted by atomic mass is 16.5. The Bertz CT molecular complexity index is 575. The third-order valence-electron chi connectivity index (χ3n) is 3.15. The topological polar surface area (TPSA) is 63.6 Å². The molecule has 1 heterocycles.